The van der Waals surface area contributed by atoms with Gasteiger partial charge < -0.3 is 24.6 Å². The zero-order valence-electron chi connectivity index (χ0n) is 18.5. The number of hydrogen-bond donors (Lipinski definition) is 1. The Morgan fingerprint density at radius 2 is 1.65 bits per heavy atom. The molecule has 1 saturated heterocycles. The number of ether oxygens (including phenoxy) is 2. The molecular formula is C26H23N5O3. The third-order valence-corrected chi connectivity index (χ3v) is 6.23. The Kier molecular flexibility index (Phi) is 5.10. The van der Waals surface area contributed by atoms with Crippen molar-refractivity contribution in [2.24, 2.45) is 0 Å². The highest BCUT2D eigenvalue weighted by Crippen LogP contribution is 2.34. The number of carbonyl (C=O) groups is 1. The van der Waals surface area contributed by atoms with Gasteiger partial charge in [0.25, 0.3) is 0 Å². The molecule has 0 spiro atoms. The van der Waals surface area contributed by atoms with Gasteiger partial charge in [0.05, 0.1) is 5.69 Å². The summed E-state index contributed by atoms with van der Waals surface area (Å²) in [7, 11) is 0. The fourth-order valence-electron chi connectivity index (χ4n) is 4.40. The fourth-order valence-corrected chi connectivity index (χ4v) is 4.40. The number of fused-ring (bicyclic) bond motifs is 2. The van der Waals surface area contributed by atoms with Gasteiger partial charge in [0.15, 0.2) is 17.3 Å². The smallest absolute Gasteiger partial charge is 0.321 e. The molecule has 4 aromatic rings. The van der Waals surface area contributed by atoms with Gasteiger partial charge in [-0.2, -0.15) is 0 Å². The fraction of sp³-hybridized carbons (Fsp3) is 0.192. The number of anilines is 2. The zero-order chi connectivity index (χ0) is 22.9. The third-order valence-electron chi connectivity index (χ3n) is 6.23. The lowest BCUT2D eigenvalue weighted by Gasteiger charge is -2.35. The highest BCUT2D eigenvalue weighted by Gasteiger charge is 2.23. The molecule has 3 heterocycles. The molecule has 8 nitrogen and oxygen atoms in total. The number of hydrogen-bond acceptors (Lipinski definition) is 6. The number of amides is 2. The summed E-state index contributed by atoms with van der Waals surface area (Å²) in [5, 5.41) is 14.3. The highest BCUT2D eigenvalue weighted by molar-refractivity contribution is 5.95. The number of benzene rings is 3. The van der Waals surface area contributed by atoms with E-state index in [1.807, 2.05) is 36.4 Å². The predicted molar refractivity (Wildman–Crippen MR) is 130 cm³/mol. The van der Waals surface area contributed by atoms with Crippen molar-refractivity contribution in [2.75, 3.05) is 43.2 Å². The minimum absolute atomic E-state index is 0.129. The Labute approximate surface area is 196 Å². The molecule has 0 atom stereocenters. The molecule has 0 radical (unpaired) electrons. The van der Waals surface area contributed by atoms with Gasteiger partial charge in [0.1, 0.15) is 0 Å². The van der Waals surface area contributed by atoms with E-state index in [1.54, 1.807) is 17.0 Å². The maximum absolute atomic E-state index is 12.7. The van der Waals surface area contributed by atoms with Gasteiger partial charge in [-0.15, -0.1) is 10.2 Å². The third kappa shape index (κ3) is 3.83. The molecule has 170 valence electrons. The minimum atomic E-state index is -0.129. The summed E-state index contributed by atoms with van der Waals surface area (Å²) in [6, 6.07) is 23.8. The summed E-state index contributed by atoms with van der Waals surface area (Å²) in [4.78, 5) is 16.7. The van der Waals surface area contributed by atoms with Crippen molar-refractivity contribution in [1.29, 1.82) is 0 Å². The van der Waals surface area contributed by atoms with Crippen LogP contribution >= 0.6 is 0 Å². The van der Waals surface area contributed by atoms with Crippen LogP contribution in [-0.2, 0) is 0 Å². The molecule has 6 rings (SSSR count). The summed E-state index contributed by atoms with van der Waals surface area (Å²) < 4.78 is 10.7. The second-order valence-electron chi connectivity index (χ2n) is 8.28. The van der Waals surface area contributed by atoms with Crippen LogP contribution in [0.3, 0.4) is 0 Å². The van der Waals surface area contributed by atoms with Crippen LogP contribution in [0.25, 0.3) is 22.0 Å². The lowest BCUT2D eigenvalue weighted by Crippen LogP contribution is -2.50. The summed E-state index contributed by atoms with van der Waals surface area (Å²) in [5.41, 5.74) is 2.61. The van der Waals surface area contributed by atoms with Crippen molar-refractivity contribution in [3.05, 3.63) is 72.8 Å². The number of nitrogens with one attached hydrogen (secondary N) is 1. The van der Waals surface area contributed by atoms with E-state index in [0.29, 0.717) is 43.4 Å². The van der Waals surface area contributed by atoms with Crippen LogP contribution in [0.2, 0.25) is 0 Å². The number of piperazine rings is 1. The summed E-state index contributed by atoms with van der Waals surface area (Å²) in [5.74, 6) is 2.16. The first-order valence-corrected chi connectivity index (χ1v) is 11.3. The molecule has 2 aliphatic rings. The molecule has 0 unspecified atom stereocenters. The van der Waals surface area contributed by atoms with E-state index in [4.69, 9.17) is 9.47 Å². The highest BCUT2D eigenvalue weighted by atomic mass is 16.7. The number of urea groups is 1. The van der Waals surface area contributed by atoms with Gasteiger partial charge in [0, 0.05) is 43.5 Å². The Morgan fingerprint density at radius 1 is 0.824 bits per heavy atom. The van der Waals surface area contributed by atoms with Crippen molar-refractivity contribution in [3.8, 4) is 22.8 Å². The lowest BCUT2D eigenvalue weighted by atomic mass is 10.0. The average molecular weight is 454 g/mol. The van der Waals surface area contributed by atoms with E-state index in [0.717, 1.165) is 22.5 Å². The van der Waals surface area contributed by atoms with Gasteiger partial charge >= 0.3 is 6.03 Å². The molecule has 34 heavy (non-hydrogen) atoms. The first-order valence-electron chi connectivity index (χ1n) is 11.3. The first kappa shape index (κ1) is 20.3. The zero-order valence-corrected chi connectivity index (χ0v) is 18.5. The van der Waals surface area contributed by atoms with Crippen molar-refractivity contribution >= 4 is 28.3 Å². The van der Waals surface area contributed by atoms with Crippen molar-refractivity contribution < 1.29 is 14.3 Å². The van der Waals surface area contributed by atoms with Gasteiger partial charge in [0.2, 0.25) is 6.79 Å². The summed E-state index contributed by atoms with van der Waals surface area (Å²) in [6.45, 7) is 2.79. The molecule has 2 aliphatic heterocycles. The molecule has 1 N–H and O–H groups in total. The largest absolute Gasteiger partial charge is 0.454 e. The standard InChI is InChI=1S/C26H23N5O3/c32-26(27-19-8-10-23-24(16-19)34-17-33-23)31-14-12-30(13-15-31)25-11-9-22(28-29-25)21-7-3-5-18-4-1-2-6-20(18)21/h1-11,16H,12-15,17H2,(H,27,32). The second kappa shape index (κ2) is 8.55. The van der Waals surface area contributed by atoms with Crippen LogP contribution in [0, 0.1) is 0 Å². The predicted octanol–water partition coefficient (Wildman–Crippen LogP) is 4.38. The van der Waals surface area contributed by atoms with Crippen LogP contribution in [0.15, 0.2) is 72.8 Å². The van der Waals surface area contributed by atoms with Crippen LogP contribution in [0.5, 0.6) is 11.5 Å². The molecule has 3 aromatic carbocycles. The Balaban J connectivity index is 1.09. The number of aromatic nitrogens is 2. The van der Waals surface area contributed by atoms with Crippen molar-refractivity contribution in [1.82, 2.24) is 15.1 Å². The minimum Gasteiger partial charge on any atom is -0.454 e. The lowest BCUT2D eigenvalue weighted by molar-refractivity contribution is 0.174. The molecule has 0 aliphatic carbocycles. The van der Waals surface area contributed by atoms with Gasteiger partial charge in [-0.1, -0.05) is 42.5 Å². The van der Waals surface area contributed by atoms with E-state index >= 15 is 0 Å². The average Bonchev–Trinajstić information content (AvgIpc) is 3.37. The Bertz CT molecular complexity index is 1350. The number of rotatable bonds is 3. The van der Waals surface area contributed by atoms with Crippen LogP contribution in [0.4, 0.5) is 16.3 Å². The molecule has 0 saturated carbocycles. The van der Waals surface area contributed by atoms with Gasteiger partial charge in [-0.3, -0.25) is 0 Å². The topological polar surface area (TPSA) is 79.8 Å². The SMILES string of the molecule is O=C(Nc1ccc2c(c1)OCO2)N1CCN(c2ccc(-c3cccc4ccccc34)nn2)CC1. The number of carbonyl (C=O) groups excluding carboxylic acids is 1. The Hall–Kier alpha value is -4.33. The van der Waals surface area contributed by atoms with Crippen LogP contribution in [0.1, 0.15) is 0 Å². The maximum atomic E-state index is 12.7. The van der Waals surface area contributed by atoms with Crippen LogP contribution in [-0.4, -0.2) is 54.1 Å². The number of nitrogens with zero attached hydrogens (tertiary/aromatic N) is 4. The van der Waals surface area contributed by atoms with Crippen molar-refractivity contribution in [3.63, 3.8) is 0 Å². The van der Waals surface area contributed by atoms with E-state index in [-0.39, 0.29) is 12.8 Å². The molecule has 2 amide bonds. The van der Waals surface area contributed by atoms with E-state index in [1.165, 1.54) is 5.39 Å². The van der Waals surface area contributed by atoms with Gasteiger partial charge in [-0.25, -0.2) is 4.79 Å². The Morgan fingerprint density at radius 3 is 2.50 bits per heavy atom. The molecular weight excluding hydrogens is 430 g/mol. The molecule has 1 aromatic heterocycles. The molecule has 8 heteroatoms. The van der Waals surface area contributed by atoms with Crippen LogP contribution < -0.4 is 19.7 Å². The van der Waals surface area contributed by atoms with Gasteiger partial charge in [-0.05, 0) is 35.0 Å². The van der Waals surface area contributed by atoms with E-state index in [9.17, 15) is 4.79 Å². The maximum Gasteiger partial charge on any atom is 0.321 e. The van der Waals surface area contributed by atoms with Crippen molar-refractivity contribution in [2.45, 2.75) is 0 Å². The van der Waals surface area contributed by atoms with E-state index < -0.39 is 0 Å². The summed E-state index contributed by atoms with van der Waals surface area (Å²) in [6.07, 6.45) is 0. The second-order valence-corrected chi connectivity index (χ2v) is 8.28. The normalized spacial score (nSPS) is 14.9. The quantitative estimate of drug-likeness (QED) is 0.496. The molecule has 1 fully saturated rings. The molecule has 0 bridgehead atoms. The summed E-state index contributed by atoms with van der Waals surface area (Å²) >= 11 is 0. The first-order chi connectivity index (χ1) is 16.7. The van der Waals surface area contributed by atoms with E-state index in [2.05, 4.69) is 44.7 Å². The monoisotopic (exact) mass is 453 g/mol.